The highest BCUT2D eigenvalue weighted by molar-refractivity contribution is 5.99. The highest BCUT2D eigenvalue weighted by Gasteiger charge is 2.42. The lowest BCUT2D eigenvalue weighted by atomic mass is 9.97. The molecular weight excluding hydrogens is 390 g/mol. The summed E-state index contributed by atoms with van der Waals surface area (Å²) < 4.78 is 11.8. The maximum absolute atomic E-state index is 13.6. The first kappa shape index (κ1) is 21.2. The van der Waals surface area contributed by atoms with Crippen molar-refractivity contribution in [2.45, 2.75) is 53.0 Å². The van der Waals surface area contributed by atoms with Crippen molar-refractivity contribution < 1.29 is 13.9 Å². The van der Waals surface area contributed by atoms with E-state index in [1.54, 1.807) is 4.90 Å². The van der Waals surface area contributed by atoms with Crippen molar-refractivity contribution in [3.05, 3.63) is 74.6 Å². The molecule has 0 radical (unpaired) electrons. The Kier molecular flexibility index (Phi) is 5.86. The normalized spacial score (nSPS) is 15.5. The van der Waals surface area contributed by atoms with Crippen molar-refractivity contribution in [3.8, 4) is 5.75 Å². The fourth-order valence-corrected chi connectivity index (χ4v) is 4.41. The molecule has 5 nitrogen and oxygen atoms in total. The van der Waals surface area contributed by atoms with Crippen LogP contribution in [0.25, 0.3) is 11.0 Å². The second-order valence-corrected chi connectivity index (χ2v) is 8.30. The van der Waals surface area contributed by atoms with Crippen LogP contribution < -0.4 is 10.2 Å². The molecule has 1 aliphatic heterocycles. The number of hydrogen-bond acceptors (Lipinski definition) is 4. The summed E-state index contributed by atoms with van der Waals surface area (Å²) >= 11 is 0. The molecule has 31 heavy (non-hydrogen) atoms. The number of benzene rings is 2. The first-order valence-corrected chi connectivity index (χ1v) is 11.1. The Morgan fingerprint density at radius 2 is 1.77 bits per heavy atom. The van der Waals surface area contributed by atoms with Gasteiger partial charge in [0.1, 0.15) is 11.3 Å². The maximum Gasteiger partial charge on any atom is 0.290 e. The van der Waals surface area contributed by atoms with Crippen molar-refractivity contribution >= 4 is 16.9 Å². The minimum atomic E-state index is -0.450. The van der Waals surface area contributed by atoms with E-state index in [-0.39, 0.29) is 17.1 Å². The molecule has 2 aromatic carbocycles. The summed E-state index contributed by atoms with van der Waals surface area (Å²) in [6.07, 6.45) is 2.87. The molecule has 162 valence electrons. The Balaban J connectivity index is 1.84. The summed E-state index contributed by atoms with van der Waals surface area (Å²) in [5.74, 6) is 0.744. The molecule has 1 aliphatic rings. The van der Waals surface area contributed by atoms with E-state index in [9.17, 15) is 9.59 Å². The predicted molar refractivity (Wildman–Crippen MR) is 122 cm³/mol. The summed E-state index contributed by atoms with van der Waals surface area (Å²) in [6, 6.07) is 11.1. The SMILES string of the molecule is CCCCOc1ccc(C2c3c(oc4cc(C)cc(C)c4c3=O)C(=O)N2CCC)cc1. The van der Waals surface area contributed by atoms with Gasteiger partial charge in [-0.05, 0) is 61.6 Å². The van der Waals surface area contributed by atoms with Gasteiger partial charge in [0.2, 0.25) is 5.76 Å². The Labute approximate surface area is 182 Å². The van der Waals surface area contributed by atoms with Gasteiger partial charge in [0, 0.05) is 6.54 Å². The van der Waals surface area contributed by atoms with Crippen LogP contribution in [0.2, 0.25) is 0 Å². The molecule has 0 fully saturated rings. The van der Waals surface area contributed by atoms with Crippen LogP contribution in [0.15, 0.2) is 45.6 Å². The van der Waals surface area contributed by atoms with Gasteiger partial charge in [0.25, 0.3) is 5.91 Å². The average molecular weight is 420 g/mol. The highest BCUT2D eigenvalue weighted by Crippen LogP contribution is 2.39. The molecule has 0 aliphatic carbocycles. The van der Waals surface area contributed by atoms with Gasteiger partial charge < -0.3 is 14.1 Å². The lowest BCUT2D eigenvalue weighted by Gasteiger charge is -2.24. The number of fused-ring (bicyclic) bond motifs is 2. The number of unbranched alkanes of at least 4 members (excludes halogenated alkanes) is 1. The zero-order valence-electron chi connectivity index (χ0n) is 18.7. The number of aryl methyl sites for hydroxylation is 2. The summed E-state index contributed by atoms with van der Waals surface area (Å²) in [7, 11) is 0. The van der Waals surface area contributed by atoms with Gasteiger partial charge in [-0.25, -0.2) is 0 Å². The molecule has 4 rings (SSSR count). The smallest absolute Gasteiger partial charge is 0.290 e. The van der Waals surface area contributed by atoms with Crippen molar-refractivity contribution in [2.75, 3.05) is 13.2 Å². The zero-order chi connectivity index (χ0) is 22.1. The largest absolute Gasteiger partial charge is 0.494 e. The van der Waals surface area contributed by atoms with Crippen LogP contribution in [0.1, 0.15) is 72.0 Å². The summed E-state index contributed by atoms with van der Waals surface area (Å²) in [5.41, 5.74) is 3.56. The molecule has 5 heteroatoms. The van der Waals surface area contributed by atoms with Crippen LogP contribution in [-0.4, -0.2) is 24.0 Å². The molecule has 1 amide bonds. The summed E-state index contributed by atoms with van der Waals surface area (Å²) in [5, 5.41) is 0.556. The third-order valence-corrected chi connectivity index (χ3v) is 5.84. The Morgan fingerprint density at radius 1 is 1.03 bits per heavy atom. The van der Waals surface area contributed by atoms with Crippen LogP contribution in [-0.2, 0) is 0 Å². The number of ether oxygens (including phenoxy) is 1. The minimum absolute atomic E-state index is 0.117. The number of amides is 1. The van der Waals surface area contributed by atoms with Crippen molar-refractivity contribution in [1.29, 1.82) is 0 Å². The molecule has 0 spiro atoms. The van der Waals surface area contributed by atoms with Crippen LogP contribution in [0, 0.1) is 13.8 Å². The maximum atomic E-state index is 13.6. The van der Waals surface area contributed by atoms with E-state index in [1.165, 1.54) is 0 Å². The molecule has 1 atom stereocenters. The fraction of sp³-hybridized carbons (Fsp3) is 0.385. The van der Waals surface area contributed by atoms with E-state index < -0.39 is 6.04 Å². The third-order valence-electron chi connectivity index (χ3n) is 5.84. The second kappa shape index (κ2) is 8.58. The lowest BCUT2D eigenvalue weighted by molar-refractivity contribution is 0.0728. The average Bonchev–Trinajstić information content (AvgIpc) is 3.01. The fourth-order valence-electron chi connectivity index (χ4n) is 4.41. The molecule has 1 unspecified atom stereocenters. The van der Waals surface area contributed by atoms with Crippen LogP contribution in [0.4, 0.5) is 0 Å². The third kappa shape index (κ3) is 3.73. The molecule has 0 saturated heterocycles. The van der Waals surface area contributed by atoms with Crippen molar-refractivity contribution in [2.24, 2.45) is 0 Å². The Hall–Kier alpha value is -3.08. The van der Waals surface area contributed by atoms with E-state index in [4.69, 9.17) is 9.15 Å². The van der Waals surface area contributed by atoms with Crippen LogP contribution in [0.5, 0.6) is 5.75 Å². The molecule has 3 aromatic rings. The molecule has 2 heterocycles. The van der Waals surface area contributed by atoms with E-state index in [0.29, 0.717) is 29.7 Å². The van der Waals surface area contributed by atoms with E-state index in [2.05, 4.69) is 6.92 Å². The van der Waals surface area contributed by atoms with Gasteiger partial charge in [-0.1, -0.05) is 38.5 Å². The van der Waals surface area contributed by atoms with Gasteiger partial charge in [0.05, 0.1) is 23.6 Å². The van der Waals surface area contributed by atoms with E-state index in [1.807, 2.05) is 57.2 Å². The van der Waals surface area contributed by atoms with Gasteiger partial charge in [-0.15, -0.1) is 0 Å². The van der Waals surface area contributed by atoms with Crippen LogP contribution in [0.3, 0.4) is 0 Å². The minimum Gasteiger partial charge on any atom is -0.494 e. The monoisotopic (exact) mass is 419 g/mol. The Bertz CT molecular complexity index is 1180. The predicted octanol–water partition coefficient (Wildman–Crippen LogP) is 5.54. The zero-order valence-corrected chi connectivity index (χ0v) is 18.7. The van der Waals surface area contributed by atoms with Gasteiger partial charge >= 0.3 is 0 Å². The van der Waals surface area contributed by atoms with E-state index >= 15 is 0 Å². The van der Waals surface area contributed by atoms with Gasteiger partial charge in [-0.3, -0.25) is 9.59 Å². The van der Waals surface area contributed by atoms with Crippen molar-refractivity contribution in [1.82, 2.24) is 4.90 Å². The lowest BCUT2D eigenvalue weighted by Crippen LogP contribution is -2.30. The Morgan fingerprint density at radius 3 is 2.45 bits per heavy atom. The topological polar surface area (TPSA) is 59.8 Å². The van der Waals surface area contributed by atoms with E-state index in [0.717, 1.165) is 41.7 Å². The number of carbonyl (C=O) groups excluding carboxylic acids is 1. The molecule has 0 bridgehead atoms. The first-order valence-electron chi connectivity index (χ1n) is 11.1. The number of rotatable bonds is 7. The quantitative estimate of drug-likeness (QED) is 0.472. The van der Waals surface area contributed by atoms with Gasteiger partial charge in [-0.2, -0.15) is 0 Å². The molecule has 0 N–H and O–H groups in total. The van der Waals surface area contributed by atoms with Crippen molar-refractivity contribution in [3.63, 3.8) is 0 Å². The molecule has 1 aromatic heterocycles. The second-order valence-electron chi connectivity index (χ2n) is 8.30. The number of hydrogen-bond donors (Lipinski definition) is 0. The first-order chi connectivity index (χ1) is 15.0. The van der Waals surface area contributed by atoms with Crippen LogP contribution >= 0.6 is 0 Å². The summed E-state index contributed by atoms with van der Waals surface area (Å²) in [6.45, 7) is 9.25. The van der Waals surface area contributed by atoms with Gasteiger partial charge in [0.15, 0.2) is 5.43 Å². The molecular formula is C26H29NO4. The number of nitrogens with zero attached hydrogens (tertiary/aromatic N) is 1. The standard InChI is InChI=1S/C26H29NO4/c1-5-7-13-30-19-10-8-18(9-11-19)23-22-24(28)21-17(4)14-16(3)15-20(21)31-25(22)26(29)27(23)12-6-2/h8-11,14-15,23H,5-7,12-13H2,1-4H3. The number of carbonyl (C=O) groups is 1. The molecule has 0 saturated carbocycles. The highest BCUT2D eigenvalue weighted by atomic mass is 16.5. The summed E-state index contributed by atoms with van der Waals surface area (Å²) in [4.78, 5) is 28.6.